The van der Waals surface area contributed by atoms with E-state index in [2.05, 4.69) is 25.0 Å². The molecule has 9 heteroatoms. The Bertz CT molecular complexity index is 1500. The van der Waals surface area contributed by atoms with E-state index >= 15 is 0 Å². The average molecular weight is 454 g/mol. The Labute approximate surface area is 195 Å². The zero-order valence-electron chi connectivity index (χ0n) is 18.4. The Kier molecular flexibility index (Phi) is 5.03. The van der Waals surface area contributed by atoms with Gasteiger partial charge >= 0.3 is 0 Å². The van der Waals surface area contributed by atoms with Gasteiger partial charge in [-0.15, -0.1) is 0 Å². The number of benzene rings is 1. The number of anilines is 1. The second kappa shape index (κ2) is 8.35. The third-order valence-electron chi connectivity index (χ3n) is 6.43. The molecule has 1 aromatic carbocycles. The smallest absolute Gasteiger partial charge is 0.258 e. The van der Waals surface area contributed by atoms with Crippen LogP contribution in [0, 0.1) is 0 Å². The molecule has 0 spiro atoms. The summed E-state index contributed by atoms with van der Waals surface area (Å²) in [6.07, 6.45) is 9.73. The number of nitrogens with zero attached hydrogens (tertiary/aromatic N) is 6. The molecule has 1 amide bonds. The summed E-state index contributed by atoms with van der Waals surface area (Å²) < 4.78 is 3.78. The average Bonchev–Trinajstić information content (AvgIpc) is 3.46. The van der Waals surface area contributed by atoms with Crippen LogP contribution < -0.4 is 5.32 Å². The van der Waals surface area contributed by atoms with E-state index < -0.39 is 0 Å². The van der Waals surface area contributed by atoms with E-state index in [0.29, 0.717) is 22.9 Å². The van der Waals surface area contributed by atoms with Gasteiger partial charge in [-0.05, 0) is 56.0 Å². The van der Waals surface area contributed by atoms with Gasteiger partial charge < -0.3 is 9.67 Å². The number of carbonyl (C=O) groups excluding carboxylic acids is 1. The number of hydrogen-bond donors (Lipinski definition) is 2. The second-order valence-corrected chi connectivity index (χ2v) is 8.59. The Morgan fingerprint density at radius 1 is 1.03 bits per heavy atom. The highest BCUT2D eigenvalue weighted by atomic mass is 16.3. The predicted molar refractivity (Wildman–Crippen MR) is 127 cm³/mol. The van der Waals surface area contributed by atoms with Crippen LogP contribution in [0.2, 0.25) is 0 Å². The number of pyridine rings is 1. The van der Waals surface area contributed by atoms with E-state index in [1.165, 1.54) is 0 Å². The van der Waals surface area contributed by atoms with Gasteiger partial charge in [0.1, 0.15) is 0 Å². The first-order valence-corrected chi connectivity index (χ1v) is 11.4. The van der Waals surface area contributed by atoms with E-state index in [-0.39, 0.29) is 18.1 Å². The third kappa shape index (κ3) is 3.60. The lowest BCUT2D eigenvalue weighted by Gasteiger charge is -2.28. The minimum atomic E-state index is -0.263. The van der Waals surface area contributed by atoms with Crippen LogP contribution in [0.15, 0.2) is 67.3 Å². The normalized spacial score (nSPS) is 18.4. The number of aliphatic hydroxyl groups is 1. The largest absolute Gasteiger partial charge is 0.393 e. The zero-order valence-corrected chi connectivity index (χ0v) is 18.4. The van der Waals surface area contributed by atoms with Crippen molar-refractivity contribution in [3.8, 4) is 11.3 Å². The number of aliphatic hydroxyl groups excluding tert-OH is 1. The van der Waals surface area contributed by atoms with Crippen molar-refractivity contribution in [3.63, 3.8) is 0 Å². The van der Waals surface area contributed by atoms with Crippen molar-refractivity contribution in [2.75, 3.05) is 5.32 Å². The number of para-hydroxylation sites is 2. The molecule has 0 unspecified atom stereocenters. The van der Waals surface area contributed by atoms with Crippen LogP contribution in [-0.4, -0.2) is 46.3 Å². The number of imidazole rings is 1. The molecule has 0 radical (unpaired) electrons. The number of nitrogens with one attached hydrogen (secondary N) is 1. The molecule has 0 atom stereocenters. The molecule has 0 saturated heterocycles. The summed E-state index contributed by atoms with van der Waals surface area (Å²) in [5.74, 6) is 0.254. The number of hydrogen-bond acceptors (Lipinski definition) is 6. The zero-order chi connectivity index (χ0) is 23.1. The van der Waals surface area contributed by atoms with Crippen LogP contribution in [0.25, 0.3) is 27.9 Å². The molecule has 1 aliphatic rings. The lowest BCUT2D eigenvalue weighted by molar-refractivity contribution is 0.102. The van der Waals surface area contributed by atoms with E-state index in [0.717, 1.165) is 42.3 Å². The number of amides is 1. The fourth-order valence-corrected chi connectivity index (χ4v) is 4.72. The number of fused-ring (bicyclic) bond motifs is 2. The van der Waals surface area contributed by atoms with Crippen molar-refractivity contribution < 1.29 is 9.90 Å². The predicted octanol–water partition coefficient (Wildman–Crippen LogP) is 3.87. The van der Waals surface area contributed by atoms with Crippen molar-refractivity contribution >= 4 is 28.5 Å². The van der Waals surface area contributed by atoms with Crippen LogP contribution in [0.1, 0.15) is 42.1 Å². The van der Waals surface area contributed by atoms with Crippen molar-refractivity contribution in [2.24, 2.45) is 0 Å². The maximum absolute atomic E-state index is 13.3. The molecule has 9 nitrogen and oxygen atoms in total. The lowest BCUT2D eigenvalue weighted by atomic mass is 9.93. The highest BCUT2D eigenvalue weighted by Gasteiger charge is 2.25. The van der Waals surface area contributed by atoms with Gasteiger partial charge in [-0.25, -0.2) is 14.5 Å². The molecule has 0 bridgehead atoms. The van der Waals surface area contributed by atoms with Crippen molar-refractivity contribution in [2.45, 2.75) is 37.8 Å². The first kappa shape index (κ1) is 20.5. The molecule has 6 rings (SSSR count). The van der Waals surface area contributed by atoms with Gasteiger partial charge in [0, 0.05) is 30.2 Å². The fraction of sp³-hybridized carbons (Fsp3) is 0.240. The molecule has 0 aliphatic heterocycles. The van der Waals surface area contributed by atoms with Crippen LogP contribution in [0.3, 0.4) is 0 Å². The van der Waals surface area contributed by atoms with E-state index in [9.17, 15) is 9.90 Å². The summed E-state index contributed by atoms with van der Waals surface area (Å²) in [6, 6.07) is 13.3. The monoisotopic (exact) mass is 453 g/mol. The SMILES string of the molecule is O=C(Nc1nc2ccccc2n1C1CCC(O)CC1)c1ccnc(-c2cnn3cccnc23)c1. The first-order valence-electron chi connectivity index (χ1n) is 11.4. The van der Waals surface area contributed by atoms with Gasteiger partial charge in [0.05, 0.1) is 34.6 Å². The van der Waals surface area contributed by atoms with Gasteiger partial charge in [-0.1, -0.05) is 12.1 Å². The highest BCUT2D eigenvalue weighted by molar-refractivity contribution is 6.04. The third-order valence-corrected chi connectivity index (χ3v) is 6.43. The molecule has 1 aliphatic carbocycles. The molecular formula is C25H23N7O2. The summed E-state index contributed by atoms with van der Waals surface area (Å²) in [5.41, 5.74) is 4.33. The maximum atomic E-state index is 13.3. The highest BCUT2D eigenvalue weighted by Crippen LogP contribution is 2.34. The van der Waals surface area contributed by atoms with E-state index in [1.807, 2.05) is 30.5 Å². The second-order valence-electron chi connectivity index (χ2n) is 8.59. The summed E-state index contributed by atoms with van der Waals surface area (Å²) in [5, 5.41) is 17.3. The van der Waals surface area contributed by atoms with Gasteiger partial charge in [-0.3, -0.25) is 15.1 Å². The quantitative estimate of drug-likeness (QED) is 0.427. The van der Waals surface area contributed by atoms with Gasteiger partial charge in [0.25, 0.3) is 5.91 Å². The molecular weight excluding hydrogens is 430 g/mol. The summed E-state index contributed by atoms with van der Waals surface area (Å²) in [7, 11) is 0. The van der Waals surface area contributed by atoms with Crippen molar-refractivity contribution in [3.05, 3.63) is 72.8 Å². The topological polar surface area (TPSA) is 110 Å². The Balaban J connectivity index is 1.34. The van der Waals surface area contributed by atoms with E-state index in [4.69, 9.17) is 4.98 Å². The molecule has 1 fully saturated rings. The van der Waals surface area contributed by atoms with Crippen molar-refractivity contribution in [1.29, 1.82) is 0 Å². The van der Waals surface area contributed by atoms with Gasteiger partial charge in [-0.2, -0.15) is 5.10 Å². The Morgan fingerprint density at radius 3 is 2.76 bits per heavy atom. The minimum absolute atomic E-state index is 0.170. The molecule has 170 valence electrons. The first-order chi connectivity index (χ1) is 16.7. The maximum Gasteiger partial charge on any atom is 0.258 e. The molecule has 34 heavy (non-hydrogen) atoms. The Hall–Kier alpha value is -4.11. The van der Waals surface area contributed by atoms with E-state index in [1.54, 1.807) is 41.3 Å². The molecule has 5 aromatic rings. The van der Waals surface area contributed by atoms with Gasteiger partial charge in [0.15, 0.2) is 5.65 Å². The number of aromatic nitrogens is 6. The van der Waals surface area contributed by atoms with Crippen LogP contribution in [0.4, 0.5) is 5.95 Å². The van der Waals surface area contributed by atoms with Crippen LogP contribution in [-0.2, 0) is 0 Å². The Morgan fingerprint density at radius 2 is 1.88 bits per heavy atom. The summed E-state index contributed by atoms with van der Waals surface area (Å²) in [6.45, 7) is 0. The minimum Gasteiger partial charge on any atom is -0.393 e. The molecule has 4 aromatic heterocycles. The lowest BCUT2D eigenvalue weighted by Crippen LogP contribution is -2.23. The molecule has 2 N–H and O–H groups in total. The molecule has 4 heterocycles. The summed E-state index contributed by atoms with van der Waals surface area (Å²) >= 11 is 0. The number of rotatable bonds is 4. The molecule has 1 saturated carbocycles. The fourth-order valence-electron chi connectivity index (χ4n) is 4.72. The van der Waals surface area contributed by atoms with Crippen LogP contribution in [0.5, 0.6) is 0 Å². The standard InChI is InChI=1S/C25H23N7O2/c33-18-8-6-17(7-9-18)32-22-5-2-1-4-20(22)29-25(32)30-24(34)16-10-12-26-21(14-16)19-15-28-31-13-3-11-27-23(19)31/h1-5,10-15,17-18,33H,6-9H2,(H,29,30,34). The number of carbonyl (C=O) groups is 1. The summed E-state index contributed by atoms with van der Waals surface area (Å²) in [4.78, 5) is 26.8. The van der Waals surface area contributed by atoms with Crippen LogP contribution >= 0.6 is 0 Å². The van der Waals surface area contributed by atoms with Gasteiger partial charge in [0.2, 0.25) is 5.95 Å². The van der Waals surface area contributed by atoms with Crippen molar-refractivity contribution in [1.82, 2.24) is 29.1 Å².